The SMILES string of the molecule is N=C(c1ccc(-c2ccccc2)cc1)c1cc(-c2nc3ccccc3o2)cc2c1oc1ccccc12. The van der Waals surface area contributed by atoms with Crippen molar-refractivity contribution in [3.8, 4) is 22.6 Å². The second kappa shape index (κ2) is 8.07. The predicted octanol–water partition coefficient (Wildman–Crippen LogP) is 8.48. The van der Waals surface area contributed by atoms with Crippen molar-refractivity contribution in [1.82, 2.24) is 4.98 Å². The summed E-state index contributed by atoms with van der Waals surface area (Å²) in [4.78, 5) is 4.70. The van der Waals surface area contributed by atoms with E-state index in [0.717, 1.165) is 49.7 Å². The van der Waals surface area contributed by atoms with E-state index in [-0.39, 0.29) is 0 Å². The largest absolute Gasteiger partial charge is 0.455 e. The summed E-state index contributed by atoms with van der Waals surface area (Å²) in [5, 5.41) is 11.1. The first-order valence-electron chi connectivity index (χ1n) is 11.8. The lowest BCUT2D eigenvalue weighted by molar-refractivity contribution is 0.620. The number of para-hydroxylation sites is 3. The zero-order valence-electron chi connectivity index (χ0n) is 19.2. The maximum absolute atomic E-state index is 9.16. The number of hydrogen-bond acceptors (Lipinski definition) is 4. The molecular formula is C32H20N2O2. The van der Waals surface area contributed by atoms with Crippen molar-refractivity contribution in [2.45, 2.75) is 0 Å². The number of oxazole rings is 1. The molecule has 0 radical (unpaired) electrons. The van der Waals surface area contributed by atoms with E-state index in [4.69, 9.17) is 19.2 Å². The molecule has 1 N–H and O–H groups in total. The van der Waals surface area contributed by atoms with Gasteiger partial charge in [0.1, 0.15) is 16.7 Å². The van der Waals surface area contributed by atoms with E-state index in [1.807, 2.05) is 91.0 Å². The van der Waals surface area contributed by atoms with Crippen LogP contribution in [0.15, 0.2) is 124 Å². The third kappa shape index (κ3) is 3.31. The summed E-state index contributed by atoms with van der Waals surface area (Å²) in [5.41, 5.74) is 7.98. The van der Waals surface area contributed by atoms with Crippen molar-refractivity contribution in [2.24, 2.45) is 0 Å². The van der Waals surface area contributed by atoms with Crippen LogP contribution in [-0.2, 0) is 0 Å². The maximum atomic E-state index is 9.16. The monoisotopic (exact) mass is 464 g/mol. The van der Waals surface area contributed by atoms with Crippen LogP contribution in [0.1, 0.15) is 11.1 Å². The molecule has 0 amide bonds. The van der Waals surface area contributed by atoms with Crippen molar-refractivity contribution in [3.63, 3.8) is 0 Å². The number of fused-ring (bicyclic) bond motifs is 4. The number of hydrogen-bond donors (Lipinski definition) is 1. The molecule has 2 aromatic heterocycles. The van der Waals surface area contributed by atoms with Crippen molar-refractivity contribution in [3.05, 3.63) is 126 Å². The Labute approximate surface area is 207 Å². The Bertz CT molecular complexity index is 1860. The zero-order chi connectivity index (χ0) is 24.1. The molecule has 0 aliphatic rings. The topological polar surface area (TPSA) is 63.0 Å². The van der Waals surface area contributed by atoms with Crippen molar-refractivity contribution < 1.29 is 8.83 Å². The minimum absolute atomic E-state index is 0.386. The van der Waals surface area contributed by atoms with E-state index in [0.29, 0.717) is 22.7 Å². The first kappa shape index (κ1) is 20.4. The van der Waals surface area contributed by atoms with Gasteiger partial charge in [-0.05, 0) is 41.5 Å². The number of nitrogens with zero attached hydrogens (tertiary/aromatic N) is 1. The molecule has 0 fully saturated rings. The highest BCUT2D eigenvalue weighted by atomic mass is 16.3. The van der Waals surface area contributed by atoms with Crippen LogP contribution >= 0.6 is 0 Å². The minimum Gasteiger partial charge on any atom is -0.455 e. The molecule has 0 atom stereocenters. The Hall–Kier alpha value is -4.96. The van der Waals surface area contributed by atoms with Gasteiger partial charge in [-0.25, -0.2) is 4.98 Å². The normalized spacial score (nSPS) is 11.4. The Balaban J connectivity index is 1.40. The van der Waals surface area contributed by atoms with Crippen LogP contribution in [-0.4, -0.2) is 10.7 Å². The number of rotatable bonds is 4. The number of furan rings is 1. The van der Waals surface area contributed by atoms with Crippen LogP contribution in [0, 0.1) is 5.41 Å². The Kier molecular flexibility index (Phi) is 4.57. The summed E-state index contributed by atoms with van der Waals surface area (Å²) in [6.45, 7) is 0. The first-order chi connectivity index (χ1) is 17.7. The van der Waals surface area contributed by atoms with Crippen LogP contribution in [0.2, 0.25) is 0 Å². The number of nitrogens with one attached hydrogen (secondary N) is 1. The van der Waals surface area contributed by atoms with Gasteiger partial charge in [0.05, 0.1) is 5.71 Å². The molecule has 7 aromatic rings. The average Bonchev–Trinajstić information content (AvgIpc) is 3.54. The fourth-order valence-corrected chi connectivity index (χ4v) is 4.75. The summed E-state index contributed by atoms with van der Waals surface area (Å²) in [7, 11) is 0. The lowest BCUT2D eigenvalue weighted by Gasteiger charge is -2.09. The molecule has 4 heteroatoms. The van der Waals surface area contributed by atoms with Gasteiger partial charge in [0, 0.05) is 27.5 Å². The van der Waals surface area contributed by atoms with Gasteiger partial charge >= 0.3 is 0 Å². The Morgan fingerprint density at radius 2 is 1.28 bits per heavy atom. The Morgan fingerprint density at radius 1 is 0.583 bits per heavy atom. The molecule has 0 bridgehead atoms. The maximum Gasteiger partial charge on any atom is 0.227 e. The predicted molar refractivity (Wildman–Crippen MR) is 145 cm³/mol. The molecule has 36 heavy (non-hydrogen) atoms. The van der Waals surface area contributed by atoms with Crippen molar-refractivity contribution in [1.29, 1.82) is 5.41 Å². The molecule has 0 spiro atoms. The van der Waals surface area contributed by atoms with Gasteiger partial charge in [-0.15, -0.1) is 0 Å². The molecule has 0 aliphatic heterocycles. The van der Waals surface area contributed by atoms with E-state index < -0.39 is 0 Å². The fraction of sp³-hybridized carbons (Fsp3) is 0. The smallest absolute Gasteiger partial charge is 0.227 e. The van der Waals surface area contributed by atoms with E-state index in [1.165, 1.54) is 0 Å². The summed E-state index contributed by atoms with van der Waals surface area (Å²) in [5.74, 6) is 0.525. The highest BCUT2D eigenvalue weighted by Crippen LogP contribution is 2.36. The molecule has 4 nitrogen and oxygen atoms in total. The minimum atomic E-state index is 0.386. The quantitative estimate of drug-likeness (QED) is 0.266. The fourth-order valence-electron chi connectivity index (χ4n) is 4.75. The molecule has 0 aliphatic carbocycles. The lowest BCUT2D eigenvalue weighted by Crippen LogP contribution is -2.02. The summed E-state index contributed by atoms with van der Waals surface area (Å²) >= 11 is 0. The summed E-state index contributed by atoms with van der Waals surface area (Å²) in [6, 6.07) is 38.0. The van der Waals surface area contributed by atoms with Crippen molar-refractivity contribution >= 4 is 38.7 Å². The van der Waals surface area contributed by atoms with E-state index in [9.17, 15) is 0 Å². The highest BCUT2D eigenvalue weighted by Gasteiger charge is 2.19. The van der Waals surface area contributed by atoms with Gasteiger partial charge in [-0.2, -0.15) is 0 Å². The van der Waals surface area contributed by atoms with Crippen molar-refractivity contribution in [2.75, 3.05) is 0 Å². The average molecular weight is 465 g/mol. The number of aromatic nitrogens is 1. The lowest BCUT2D eigenvalue weighted by atomic mass is 9.96. The van der Waals surface area contributed by atoms with Gasteiger partial charge in [-0.3, -0.25) is 5.41 Å². The third-order valence-electron chi connectivity index (χ3n) is 6.57. The molecule has 0 unspecified atom stereocenters. The summed E-state index contributed by atoms with van der Waals surface area (Å²) < 4.78 is 12.4. The van der Waals surface area contributed by atoms with Crippen LogP contribution in [0.5, 0.6) is 0 Å². The second-order valence-electron chi connectivity index (χ2n) is 8.80. The summed E-state index contributed by atoms with van der Waals surface area (Å²) in [6.07, 6.45) is 0. The van der Waals surface area contributed by atoms with Gasteiger partial charge in [-0.1, -0.05) is 84.9 Å². The number of benzene rings is 5. The Morgan fingerprint density at radius 3 is 2.08 bits per heavy atom. The molecule has 170 valence electrons. The molecular weight excluding hydrogens is 444 g/mol. The molecule has 2 heterocycles. The third-order valence-corrected chi connectivity index (χ3v) is 6.57. The molecule has 0 saturated heterocycles. The second-order valence-corrected chi connectivity index (χ2v) is 8.80. The standard InChI is InChI=1S/C32H20N2O2/c33-30(22-16-14-21(15-17-22)20-8-2-1-3-9-20)26-19-23(32-34-27-11-5-7-13-29(27)36-32)18-25-24-10-4-6-12-28(24)35-31(25)26/h1-19,33H. The molecule has 5 aromatic carbocycles. The van der Waals surface area contributed by atoms with Gasteiger partial charge in [0.15, 0.2) is 5.58 Å². The molecule has 7 rings (SSSR count). The van der Waals surface area contributed by atoms with Crippen LogP contribution in [0.25, 0.3) is 55.6 Å². The highest BCUT2D eigenvalue weighted by molar-refractivity contribution is 6.21. The van der Waals surface area contributed by atoms with E-state index >= 15 is 0 Å². The zero-order valence-corrected chi connectivity index (χ0v) is 19.2. The first-order valence-corrected chi connectivity index (χ1v) is 11.8. The van der Waals surface area contributed by atoms with Crippen LogP contribution in [0.4, 0.5) is 0 Å². The molecule has 0 saturated carbocycles. The van der Waals surface area contributed by atoms with E-state index in [1.54, 1.807) is 0 Å². The van der Waals surface area contributed by atoms with Gasteiger partial charge in [0.25, 0.3) is 0 Å². The van der Waals surface area contributed by atoms with Gasteiger partial charge in [0.2, 0.25) is 5.89 Å². The van der Waals surface area contributed by atoms with E-state index in [2.05, 4.69) is 24.3 Å². The van der Waals surface area contributed by atoms with Crippen LogP contribution < -0.4 is 0 Å². The van der Waals surface area contributed by atoms with Gasteiger partial charge < -0.3 is 8.83 Å². The van der Waals surface area contributed by atoms with Crippen LogP contribution in [0.3, 0.4) is 0 Å².